The van der Waals surface area contributed by atoms with E-state index < -0.39 is 17.9 Å². The molecule has 0 unspecified atom stereocenters. The Labute approximate surface area is 146 Å². The lowest BCUT2D eigenvalue weighted by Crippen LogP contribution is -2.64. The molecule has 0 bridgehead atoms. The van der Waals surface area contributed by atoms with Crippen molar-refractivity contribution in [3.05, 3.63) is 42.0 Å². The maximum atomic E-state index is 14.4. The van der Waals surface area contributed by atoms with Gasteiger partial charge in [-0.1, -0.05) is 6.07 Å². The molecule has 2 aromatic rings. The Kier molecular flexibility index (Phi) is 3.07. The molecule has 26 heavy (non-hydrogen) atoms. The Morgan fingerprint density at radius 3 is 2.38 bits per heavy atom. The summed E-state index contributed by atoms with van der Waals surface area (Å²) in [5.41, 5.74) is 0.599. The molecule has 1 saturated heterocycles. The lowest BCUT2D eigenvalue weighted by Gasteiger charge is -2.46. The summed E-state index contributed by atoms with van der Waals surface area (Å²) in [5.74, 6) is -2.91. The van der Waals surface area contributed by atoms with Crippen molar-refractivity contribution >= 4 is 11.6 Å². The van der Waals surface area contributed by atoms with Crippen LogP contribution in [0.3, 0.4) is 0 Å². The minimum absolute atomic E-state index is 0.0463. The molecular weight excluding hydrogens is 348 g/mol. The van der Waals surface area contributed by atoms with Gasteiger partial charge < -0.3 is 18.9 Å². The van der Waals surface area contributed by atoms with Gasteiger partial charge in [-0.15, -0.1) is 0 Å². The van der Waals surface area contributed by atoms with E-state index in [1.54, 1.807) is 24.3 Å². The van der Waals surface area contributed by atoms with Crippen LogP contribution in [-0.4, -0.2) is 31.8 Å². The van der Waals surface area contributed by atoms with Crippen molar-refractivity contribution in [3.63, 3.8) is 0 Å². The lowest BCUT2D eigenvalue weighted by molar-refractivity contribution is -0.162. The van der Waals surface area contributed by atoms with E-state index in [0.717, 1.165) is 4.90 Å². The Balaban J connectivity index is 1.54. The van der Waals surface area contributed by atoms with Crippen molar-refractivity contribution in [3.8, 4) is 23.0 Å². The number of β-lactam (4-membered cyclic amide) rings is 1. The molecule has 5 rings (SSSR count). The van der Waals surface area contributed by atoms with E-state index >= 15 is 0 Å². The number of carbonyl (C=O) groups is 1. The first kappa shape index (κ1) is 15.2. The van der Waals surface area contributed by atoms with Crippen LogP contribution in [0.4, 0.5) is 14.5 Å². The summed E-state index contributed by atoms with van der Waals surface area (Å²) >= 11 is 0. The second-order valence-electron chi connectivity index (χ2n) is 6.14. The predicted octanol–water partition coefficient (Wildman–Crippen LogP) is 2.91. The van der Waals surface area contributed by atoms with E-state index in [9.17, 15) is 13.6 Å². The molecular formula is C18H13F2NO5. The predicted molar refractivity (Wildman–Crippen MR) is 85.2 cm³/mol. The molecule has 1 atom stereocenters. The topological polar surface area (TPSA) is 57.2 Å². The van der Waals surface area contributed by atoms with Gasteiger partial charge in [-0.2, -0.15) is 8.78 Å². The Hall–Kier alpha value is -3.03. The minimum Gasteiger partial charge on any atom is -0.486 e. The molecule has 1 amide bonds. The molecule has 1 fully saturated rings. The summed E-state index contributed by atoms with van der Waals surface area (Å²) in [6, 6.07) is 7.87. The van der Waals surface area contributed by atoms with Gasteiger partial charge in [0.1, 0.15) is 19.3 Å². The SMILES string of the molecule is O=C1N(c2ccc3c(c2)OCCO3)[C@H](c2ccc3c(c2)OCO3)C1(F)F. The smallest absolute Gasteiger partial charge is 0.349 e. The summed E-state index contributed by atoms with van der Waals surface area (Å²) in [5, 5.41) is 0. The number of ether oxygens (including phenoxy) is 4. The van der Waals surface area contributed by atoms with Gasteiger partial charge in [-0.3, -0.25) is 9.69 Å². The molecule has 3 aliphatic rings. The monoisotopic (exact) mass is 361 g/mol. The van der Waals surface area contributed by atoms with Gasteiger partial charge in [0.2, 0.25) is 6.79 Å². The lowest BCUT2D eigenvalue weighted by atomic mass is 9.88. The Morgan fingerprint density at radius 1 is 0.885 bits per heavy atom. The fourth-order valence-electron chi connectivity index (χ4n) is 3.38. The number of amides is 1. The first-order valence-corrected chi connectivity index (χ1v) is 8.06. The van der Waals surface area contributed by atoms with E-state index in [-0.39, 0.29) is 12.4 Å². The third-order valence-corrected chi connectivity index (χ3v) is 4.62. The van der Waals surface area contributed by atoms with Crippen molar-refractivity contribution in [1.29, 1.82) is 0 Å². The molecule has 0 saturated carbocycles. The van der Waals surface area contributed by atoms with Crippen LogP contribution in [-0.2, 0) is 4.79 Å². The molecule has 0 N–H and O–H groups in total. The van der Waals surface area contributed by atoms with E-state index in [2.05, 4.69) is 0 Å². The Bertz CT molecular complexity index is 916. The normalized spacial score (nSPS) is 22.2. The summed E-state index contributed by atoms with van der Waals surface area (Å²) in [6.45, 7) is 0.837. The second kappa shape index (κ2) is 5.23. The number of alkyl halides is 2. The van der Waals surface area contributed by atoms with Crippen molar-refractivity contribution in [2.75, 3.05) is 24.9 Å². The highest BCUT2D eigenvalue weighted by Crippen LogP contribution is 2.52. The first-order valence-electron chi connectivity index (χ1n) is 8.06. The maximum Gasteiger partial charge on any atom is 0.349 e. The van der Waals surface area contributed by atoms with Gasteiger partial charge in [-0.05, 0) is 29.8 Å². The summed E-state index contributed by atoms with van der Waals surface area (Å²) in [4.78, 5) is 13.2. The molecule has 2 aromatic carbocycles. The van der Waals surface area contributed by atoms with Crippen molar-refractivity contribution in [1.82, 2.24) is 0 Å². The van der Waals surface area contributed by atoms with Gasteiger partial charge in [-0.25, -0.2) is 0 Å². The van der Waals surface area contributed by atoms with Crippen LogP contribution in [0.25, 0.3) is 0 Å². The third kappa shape index (κ3) is 2.04. The maximum absolute atomic E-state index is 14.4. The molecule has 6 nitrogen and oxygen atoms in total. The molecule has 3 heterocycles. The van der Waals surface area contributed by atoms with Crippen LogP contribution in [0, 0.1) is 0 Å². The number of nitrogens with zero attached hydrogens (tertiary/aromatic N) is 1. The van der Waals surface area contributed by atoms with E-state index in [1.807, 2.05) is 0 Å². The van der Waals surface area contributed by atoms with Crippen LogP contribution in [0.15, 0.2) is 36.4 Å². The van der Waals surface area contributed by atoms with Crippen LogP contribution < -0.4 is 23.8 Å². The number of hydrogen-bond acceptors (Lipinski definition) is 5. The van der Waals surface area contributed by atoms with Gasteiger partial charge in [0.15, 0.2) is 23.0 Å². The van der Waals surface area contributed by atoms with Gasteiger partial charge in [0, 0.05) is 11.8 Å². The average Bonchev–Trinajstić information content (AvgIpc) is 3.12. The van der Waals surface area contributed by atoms with Gasteiger partial charge in [0.05, 0.1) is 0 Å². The molecule has 0 spiro atoms. The van der Waals surface area contributed by atoms with Crippen molar-refractivity contribution in [2.24, 2.45) is 0 Å². The fourth-order valence-corrected chi connectivity index (χ4v) is 3.38. The first-order chi connectivity index (χ1) is 12.6. The summed E-state index contributed by atoms with van der Waals surface area (Å²) < 4.78 is 50.2. The minimum atomic E-state index is -3.50. The molecule has 8 heteroatoms. The number of carbonyl (C=O) groups excluding carboxylic acids is 1. The van der Waals surface area contributed by atoms with Crippen molar-refractivity contribution in [2.45, 2.75) is 12.0 Å². The average molecular weight is 361 g/mol. The van der Waals surface area contributed by atoms with Gasteiger partial charge >= 0.3 is 11.8 Å². The zero-order valence-corrected chi connectivity index (χ0v) is 13.4. The number of benzene rings is 2. The molecule has 0 aliphatic carbocycles. The number of hydrogen-bond donors (Lipinski definition) is 0. The second-order valence-corrected chi connectivity index (χ2v) is 6.14. The van der Waals surface area contributed by atoms with Crippen molar-refractivity contribution < 1.29 is 32.5 Å². The summed E-state index contributed by atoms with van der Waals surface area (Å²) in [7, 11) is 0. The highest BCUT2D eigenvalue weighted by atomic mass is 19.3. The quantitative estimate of drug-likeness (QED) is 0.770. The molecule has 134 valence electrons. The zero-order valence-electron chi connectivity index (χ0n) is 13.4. The third-order valence-electron chi connectivity index (χ3n) is 4.62. The van der Waals surface area contributed by atoms with Crippen LogP contribution >= 0.6 is 0 Å². The highest BCUT2D eigenvalue weighted by molar-refractivity contribution is 6.07. The number of rotatable bonds is 2. The van der Waals surface area contributed by atoms with E-state index in [0.29, 0.717) is 41.9 Å². The summed E-state index contributed by atoms with van der Waals surface area (Å²) in [6.07, 6.45) is 0. The number of halogens is 2. The zero-order chi connectivity index (χ0) is 17.9. The van der Waals surface area contributed by atoms with Crippen LogP contribution in [0.5, 0.6) is 23.0 Å². The van der Waals surface area contributed by atoms with Crippen LogP contribution in [0.2, 0.25) is 0 Å². The molecule has 3 aliphatic heterocycles. The molecule has 0 aromatic heterocycles. The van der Waals surface area contributed by atoms with E-state index in [4.69, 9.17) is 18.9 Å². The fraction of sp³-hybridized carbons (Fsp3) is 0.278. The standard InChI is InChI=1S/C18H13F2NO5/c19-18(20)16(10-1-3-13-14(7-10)26-9-25-13)21(17(18)22)11-2-4-12-15(8-11)24-6-5-23-12/h1-4,7-8,16H,5-6,9H2/t16-/m1/s1. The Morgan fingerprint density at radius 2 is 1.54 bits per heavy atom. The van der Waals surface area contributed by atoms with Gasteiger partial charge in [0.25, 0.3) is 0 Å². The van der Waals surface area contributed by atoms with E-state index in [1.165, 1.54) is 12.1 Å². The highest BCUT2D eigenvalue weighted by Gasteiger charge is 2.64. The number of anilines is 1. The molecule has 0 radical (unpaired) electrons. The largest absolute Gasteiger partial charge is 0.486 e. The number of fused-ring (bicyclic) bond motifs is 2. The van der Waals surface area contributed by atoms with Crippen LogP contribution in [0.1, 0.15) is 11.6 Å².